The number of ether oxygens (including phenoxy) is 1. The molecule has 1 heterocycles. The van der Waals surface area contributed by atoms with Crippen LogP contribution in [0.3, 0.4) is 0 Å². The first-order chi connectivity index (χ1) is 9.70. The van der Waals surface area contributed by atoms with E-state index in [1.165, 1.54) is 19.0 Å². The Morgan fingerprint density at radius 3 is 2.90 bits per heavy atom. The summed E-state index contributed by atoms with van der Waals surface area (Å²) in [6.45, 7) is 0.584. The van der Waals surface area contributed by atoms with Gasteiger partial charge in [0.2, 0.25) is 5.88 Å². The molecule has 0 amide bonds. The topological polar surface area (TPSA) is 47.0 Å². The molecule has 0 spiro atoms. The molecule has 1 saturated carbocycles. The first kappa shape index (κ1) is 12.9. The molecule has 0 unspecified atom stereocenters. The van der Waals surface area contributed by atoms with Crippen LogP contribution < -0.4 is 10.1 Å². The van der Waals surface area contributed by atoms with Gasteiger partial charge in [-0.25, -0.2) is 13.8 Å². The Morgan fingerprint density at radius 1 is 1.25 bits per heavy atom. The van der Waals surface area contributed by atoms with Crippen molar-refractivity contribution in [1.29, 1.82) is 0 Å². The third-order valence-electron chi connectivity index (χ3n) is 2.92. The summed E-state index contributed by atoms with van der Waals surface area (Å²) >= 11 is 0. The fourth-order valence-corrected chi connectivity index (χ4v) is 1.73. The average molecular weight is 277 g/mol. The Labute approximate surface area is 114 Å². The molecule has 2 aromatic rings. The van der Waals surface area contributed by atoms with E-state index in [0.29, 0.717) is 18.3 Å². The van der Waals surface area contributed by atoms with Crippen molar-refractivity contribution >= 4 is 0 Å². The third-order valence-corrected chi connectivity index (χ3v) is 2.92. The number of aromatic nitrogens is 2. The molecule has 0 saturated heterocycles. The molecule has 1 fully saturated rings. The van der Waals surface area contributed by atoms with Gasteiger partial charge in [-0.1, -0.05) is 0 Å². The summed E-state index contributed by atoms with van der Waals surface area (Å²) in [5.41, 5.74) is 0.700. The maximum Gasteiger partial charge on any atom is 0.238 e. The number of nitrogens with one attached hydrogen (secondary N) is 1. The monoisotopic (exact) mass is 277 g/mol. The van der Waals surface area contributed by atoms with E-state index in [9.17, 15) is 8.78 Å². The van der Waals surface area contributed by atoms with E-state index in [2.05, 4.69) is 15.3 Å². The molecule has 1 aliphatic rings. The number of nitrogens with zero attached hydrogens (tertiary/aromatic N) is 2. The van der Waals surface area contributed by atoms with E-state index >= 15 is 0 Å². The van der Waals surface area contributed by atoms with E-state index in [-0.39, 0.29) is 11.6 Å². The second-order valence-corrected chi connectivity index (χ2v) is 4.68. The van der Waals surface area contributed by atoms with Crippen molar-refractivity contribution < 1.29 is 13.5 Å². The van der Waals surface area contributed by atoms with Gasteiger partial charge in [-0.15, -0.1) is 0 Å². The molecule has 1 aliphatic carbocycles. The van der Waals surface area contributed by atoms with Gasteiger partial charge >= 0.3 is 0 Å². The molecule has 20 heavy (non-hydrogen) atoms. The highest BCUT2D eigenvalue weighted by Gasteiger charge is 2.20. The number of hydrogen-bond acceptors (Lipinski definition) is 4. The maximum atomic E-state index is 13.5. The lowest BCUT2D eigenvalue weighted by Crippen LogP contribution is -2.16. The molecular formula is C14H13F2N3O. The molecule has 0 radical (unpaired) electrons. The molecule has 3 rings (SSSR count). The minimum absolute atomic E-state index is 0.143. The van der Waals surface area contributed by atoms with Crippen molar-refractivity contribution in [3.8, 4) is 11.6 Å². The number of halogens is 2. The third kappa shape index (κ3) is 3.27. The molecule has 0 bridgehead atoms. The zero-order chi connectivity index (χ0) is 13.9. The molecular weight excluding hydrogens is 264 g/mol. The second-order valence-electron chi connectivity index (χ2n) is 4.68. The van der Waals surface area contributed by atoms with E-state index in [1.54, 1.807) is 6.20 Å². The zero-order valence-corrected chi connectivity index (χ0v) is 10.6. The highest BCUT2D eigenvalue weighted by molar-refractivity contribution is 5.28. The van der Waals surface area contributed by atoms with Crippen molar-refractivity contribution in [2.24, 2.45) is 0 Å². The summed E-state index contributed by atoms with van der Waals surface area (Å²) < 4.78 is 31.8. The minimum atomic E-state index is -0.644. The average Bonchev–Trinajstić information content (AvgIpc) is 3.25. The van der Waals surface area contributed by atoms with Crippen LogP contribution in [0.1, 0.15) is 18.5 Å². The van der Waals surface area contributed by atoms with Crippen LogP contribution in [-0.4, -0.2) is 16.0 Å². The molecule has 0 atom stereocenters. The summed E-state index contributed by atoms with van der Waals surface area (Å²) in [4.78, 5) is 8.19. The number of rotatable bonds is 5. The molecule has 104 valence electrons. The molecule has 1 N–H and O–H groups in total. The Kier molecular flexibility index (Phi) is 3.56. The smallest absolute Gasteiger partial charge is 0.238 e. The summed E-state index contributed by atoms with van der Waals surface area (Å²) in [5, 5.41) is 3.29. The van der Waals surface area contributed by atoms with Gasteiger partial charge in [0, 0.05) is 24.8 Å². The van der Waals surface area contributed by atoms with Crippen LogP contribution in [0.4, 0.5) is 8.78 Å². The SMILES string of the molecule is Fc1ccc(F)c(Oc2cncc(CNC3CC3)n2)c1. The van der Waals surface area contributed by atoms with Crippen molar-refractivity contribution in [1.82, 2.24) is 15.3 Å². The van der Waals surface area contributed by atoms with Crippen LogP contribution in [0.2, 0.25) is 0 Å². The normalized spacial score (nSPS) is 14.3. The Hall–Kier alpha value is -2.08. The zero-order valence-electron chi connectivity index (χ0n) is 10.6. The first-order valence-electron chi connectivity index (χ1n) is 6.38. The Bertz CT molecular complexity index is 617. The fourth-order valence-electron chi connectivity index (χ4n) is 1.73. The van der Waals surface area contributed by atoms with Gasteiger partial charge in [0.25, 0.3) is 0 Å². The van der Waals surface area contributed by atoms with Gasteiger partial charge < -0.3 is 10.1 Å². The van der Waals surface area contributed by atoms with E-state index in [0.717, 1.165) is 18.2 Å². The molecule has 1 aromatic heterocycles. The lowest BCUT2D eigenvalue weighted by molar-refractivity contribution is 0.418. The van der Waals surface area contributed by atoms with Gasteiger partial charge in [0.05, 0.1) is 11.9 Å². The molecule has 6 heteroatoms. The van der Waals surface area contributed by atoms with Crippen molar-refractivity contribution in [3.05, 3.63) is 47.9 Å². The predicted molar refractivity (Wildman–Crippen MR) is 68.3 cm³/mol. The second kappa shape index (κ2) is 5.50. The maximum absolute atomic E-state index is 13.5. The van der Waals surface area contributed by atoms with Crippen LogP contribution in [-0.2, 0) is 6.54 Å². The van der Waals surface area contributed by atoms with Crippen molar-refractivity contribution in [3.63, 3.8) is 0 Å². The summed E-state index contributed by atoms with van der Waals surface area (Å²) in [7, 11) is 0. The van der Waals surface area contributed by atoms with Crippen LogP contribution in [0, 0.1) is 11.6 Å². The minimum Gasteiger partial charge on any atom is -0.434 e. The van der Waals surface area contributed by atoms with Gasteiger partial charge in [-0.05, 0) is 25.0 Å². The number of hydrogen-bond donors (Lipinski definition) is 1. The van der Waals surface area contributed by atoms with E-state index in [1.807, 2.05) is 0 Å². The van der Waals surface area contributed by atoms with Crippen LogP contribution >= 0.6 is 0 Å². The standard InChI is InChI=1S/C14H13F2N3O/c15-9-1-4-12(16)13(5-9)20-14-8-17-6-11(19-14)7-18-10-2-3-10/h1,4-6,8,10,18H,2-3,7H2. The summed E-state index contributed by atoms with van der Waals surface area (Å²) in [6.07, 6.45) is 5.34. The fraction of sp³-hybridized carbons (Fsp3) is 0.286. The molecule has 1 aromatic carbocycles. The predicted octanol–water partition coefficient (Wildman–Crippen LogP) is 2.80. The Balaban J connectivity index is 1.72. The van der Waals surface area contributed by atoms with Gasteiger partial charge in [-0.3, -0.25) is 4.98 Å². The lowest BCUT2D eigenvalue weighted by atomic mass is 10.3. The van der Waals surface area contributed by atoms with E-state index < -0.39 is 11.6 Å². The summed E-state index contributed by atoms with van der Waals surface area (Å²) in [5.74, 6) is -1.27. The molecule has 4 nitrogen and oxygen atoms in total. The van der Waals surface area contributed by atoms with E-state index in [4.69, 9.17) is 4.74 Å². The highest BCUT2D eigenvalue weighted by Crippen LogP contribution is 2.24. The van der Waals surface area contributed by atoms with Crippen LogP contribution in [0.5, 0.6) is 11.6 Å². The summed E-state index contributed by atoms with van der Waals surface area (Å²) in [6, 6.07) is 3.58. The molecule has 0 aliphatic heterocycles. The van der Waals surface area contributed by atoms with Gasteiger partial charge in [-0.2, -0.15) is 0 Å². The van der Waals surface area contributed by atoms with Gasteiger partial charge in [0.15, 0.2) is 11.6 Å². The first-order valence-corrected chi connectivity index (χ1v) is 6.38. The highest BCUT2D eigenvalue weighted by atomic mass is 19.1. The quantitative estimate of drug-likeness (QED) is 0.913. The largest absolute Gasteiger partial charge is 0.434 e. The van der Waals surface area contributed by atoms with Crippen molar-refractivity contribution in [2.75, 3.05) is 0 Å². The van der Waals surface area contributed by atoms with Crippen LogP contribution in [0.15, 0.2) is 30.6 Å². The van der Waals surface area contributed by atoms with Crippen molar-refractivity contribution in [2.45, 2.75) is 25.4 Å². The van der Waals surface area contributed by atoms with Crippen LogP contribution in [0.25, 0.3) is 0 Å². The lowest BCUT2D eigenvalue weighted by Gasteiger charge is -2.07. The van der Waals surface area contributed by atoms with Gasteiger partial charge in [0.1, 0.15) is 5.82 Å². The Morgan fingerprint density at radius 2 is 2.10 bits per heavy atom. The number of benzene rings is 1.